The fourth-order valence-corrected chi connectivity index (χ4v) is 5.63. The molecule has 1 N–H and O–H groups in total. The third-order valence-corrected chi connectivity index (χ3v) is 6.91. The zero-order chi connectivity index (χ0) is 15.4. The lowest BCUT2D eigenvalue weighted by atomic mass is 9.84. The topological polar surface area (TPSA) is 46.9 Å². The van der Waals surface area contributed by atoms with Gasteiger partial charge in [0.2, 0.25) is 0 Å². The second kappa shape index (κ2) is 5.08. The van der Waals surface area contributed by atoms with E-state index in [9.17, 15) is 4.79 Å². The number of aryl methyl sites for hydroxylation is 2. The number of nitrogens with one attached hydrogen (secondary N) is 1. The van der Waals surface area contributed by atoms with Crippen molar-refractivity contribution >= 4 is 27.5 Å². The summed E-state index contributed by atoms with van der Waals surface area (Å²) >= 11 is 1.54. The van der Waals surface area contributed by atoms with E-state index in [1.165, 1.54) is 25.7 Å². The minimum Gasteiger partial charge on any atom is -0.349 e. The van der Waals surface area contributed by atoms with Crippen LogP contribution in [0.4, 0.5) is 0 Å². The van der Waals surface area contributed by atoms with E-state index in [1.54, 1.807) is 11.3 Å². The number of hydrogen-bond donors (Lipinski definition) is 1. The predicted octanol–water partition coefficient (Wildman–Crippen LogP) is 3.50. The highest BCUT2D eigenvalue weighted by Crippen LogP contribution is 2.49. The van der Waals surface area contributed by atoms with E-state index in [0.29, 0.717) is 5.92 Å². The van der Waals surface area contributed by atoms with Crippen LogP contribution < -0.4 is 5.32 Å². The van der Waals surface area contributed by atoms with Crippen LogP contribution in [0.25, 0.3) is 10.2 Å². The highest BCUT2D eigenvalue weighted by Gasteiger charge is 2.42. The van der Waals surface area contributed by atoms with E-state index in [2.05, 4.69) is 17.3 Å². The molecule has 2 aliphatic carbocycles. The molecule has 0 aliphatic heterocycles. The molecule has 22 heavy (non-hydrogen) atoms. The maximum Gasteiger partial charge on any atom is 0.261 e. The van der Waals surface area contributed by atoms with Crippen molar-refractivity contribution in [2.75, 3.05) is 0 Å². The first-order valence-electron chi connectivity index (χ1n) is 8.27. The molecule has 2 fully saturated rings. The van der Waals surface area contributed by atoms with E-state index >= 15 is 0 Å². The number of carbonyl (C=O) groups excluding carboxylic acids is 1. The van der Waals surface area contributed by atoms with Crippen molar-refractivity contribution in [1.82, 2.24) is 15.1 Å². The third-order valence-electron chi connectivity index (χ3n) is 5.71. The Labute approximate surface area is 134 Å². The first kappa shape index (κ1) is 14.2. The number of nitrogens with zero attached hydrogens (tertiary/aromatic N) is 2. The molecule has 5 heteroatoms. The van der Waals surface area contributed by atoms with Gasteiger partial charge in [-0.25, -0.2) is 0 Å². The zero-order valence-corrected chi connectivity index (χ0v) is 14.2. The van der Waals surface area contributed by atoms with Gasteiger partial charge in [-0.05, 0) is 56.9 Å². The van der Waals surface area contributed by atoms with E-state index < -0.39 is 0 Å². The van der Waals surface area contributed by atoms with Gasteiger partial charge in [0, 0.05) is 18.5 Å². The Morgan fingerprint density at radius 3 is 2.91 bits per heavy atom. The molecule has 0 spiro atoms. The SMILES string of the molecule is Cc1nn(C)c2sc(C(=O)N[C@@H](C)[C@@H]3C[C@H]4CC[C@H]3C4)cc12. The fourth-order valence-electron chi connectivity index (χ4n) is 4.61. The van der Waals surface area contributed by atoms with Gasteiger partial charge in [0.15, 0.2) is 0 Å². The summed E-state index contributed by atoms with van der Waals surface area (Å²) in [7, 11) is 1.94. The zero-order valence-electron chi connectivity index (χ0n) is 13.4. The average molecular weight is 317 g/mol. The van der Waals surface area contributed by atoms with Crippen LogP contribution in [0.2, 0.25) is 0 Å². The van der Waals surface area contributed by atoms with E-state index in [-0.39, 0.29) is 11.9 Å². The molecular formula is C17H23N3OS. The molecule has 0 saturated heterocycles. The summed E-state index contributed by atoms with van der Waals surface area (Å²) in [4.78, 5) is 14.5. The molecule has 2 heterocycles. The van der Waals surface area contributed by atoms with Crippen molar-refractivity contribution in [1.29, 1.82) is 0 Å². The number of carbonyl (C=O) groups is 1. The summed E-state index contributed by atoms with van der Waals surface area (Å²) in [6.07, 6.45) is 5.47. The van der Waals surface area contributed by atoms with Gasteiger partial charge in [-0.1, -0.05) is 6.42 Å². The maximum absolute atomic E-state index is 12.6. The normalized spacial score (nSPS) is 28.4. The molecule has 0 radical (unpaired) electrons. The molecule has 1 amide bonds. The molecule has 4 atom stereocenters. The standard InChI is InChI=1S/C17H23N3OS/c1-9(13-7-11-4-5-12(13)6-11)18-16(21)15-8-14-10(2)19-20(3)17(14)22-15/h8-9,11-13H,4-7H2,1-3H3,(H,18,21)/t9-,11-,12-,13-/m0/s1. The van der Waals surface area contributed by atoms with Gasteiger partial charge in [-0.15, -0.1) is 11.3 Å². The Morgan fingerprint density at radius 2 is 2.27 bits per heavy atom. The molecule has 2 bridgehead atoms. The van der Waals surface area contributed by atoms with Crippen molar-refractivity contribution in [3.8, 4) is 0 Å². The summed E-state index contributed by atoms with van der Waals surface area (Å²) < 4.78 is 1.87. The van der Waals surface area contributed by atoms with Crippen molar-refractivity contribution < 1.29 is 4.79 Å². The maximum atomic E-state index is 12.6. The van der Waals surface area contributed by atoms with Crippen molar-refractivity contribution in [2.45, 2.75) is 45.6 Å². The Morgan fingerprint density at radius 1 is 1.45 bits per heavy atom. The Kier molecular flexibility index (Phi) is 3.29. The van der Waals surface area contributed by atoms with E-state index in [1.807, 2.05) is 24.7 Å². The molecule has 2 aliphatic rings. The van der Waals surface area contributed by atoms with Gasteiger partial charge in [0.05, 0.1) is 10.6 Å². The number of hydrogen-bond acceptors (Lipinski definition) is 3. The smallest absolute Gasteiger partial charge is 0.261 e. The van der Waals surface area contributed by atoms with Crippen LogP contribution in [-0.4, -0.2) is 21.7 Å². The van der Waals surface area contributed by atoms with Crippen molar-refractivity contribution in [3.05, 3.63) is 16.6 Å². The molecule has 118 valence electrons. The van der Waals surface area contributed by atoms with Gasteiger partial charge in [0.1, 0.15) is 4.83 Å². The lowest BCUT2D eigenvalue weighted by Crippen LogP contribution is -2.39. The Bertz CT molecular complexity index is 697. The molecular weight excluding hydrogens is 294 g/mol. The fraction of sp³-hybridized carbons (Fsp3) is 0.647. The average Bonchev–Trinajstić information content (AvgIpc) is 3.23. The summed E-state index contributed by atoms with van der Waals surface area (Å²) in [5.41, 5.74) is 0.994. The summed E-state index contributed by atoms with van der Waals surface area (Å²) in [5, 5.41) is 8.75. The van der Waals surface area contributed by atoms with E-state index in [4.69, 9.17) is 0 Å². The number of amides is 1. The second-order valence-electron chi connectivity index (χ2n) is 7.14. The molecule has 4 rings (SSSR count). The minimum absolute atomic E-state index is 0.0795. The van der Waals surface area contributed by atoms with Crippen LogP contribution in [0.15, 0.2) is 6.07 Å². The lowest BCUT2D eigenvalue weighted by molar-refractivity contribution is 0.0919. The number of fused-ring (bicyclic) bond motifs is 3. The number of rotatable bonds is 3. The quantitative estimate of drug-likeness (QED) is 0.942. The predicted molar refractivity (Wildman–Crippen MR) is 89.2 cm³/mol. The summed E-state index contributed by atoms with van der Waals surface area (Å²) in [6, 6.07) is 2.28. The largest absolute Gasteiger partial charge is 0.349 e. The molecule has 0 unspecified atom stereocenters. The Balaban J connectivity index is 1.50. The third kappa shape index (κ3) is 2.18. The van der Waals surface area contributed by atoms with Gasteiger partial charge in [0.25, 0.3) is 5.91 Å². The Hall–Kier alpha value is -1.36. The first-order valence-corrected chi connectivity index (χ1v) is 9.08. The highest BCUT2D eigenvalue weighted by molar-refractivity contribution is 7.20. The van der Waals surface area contributed by atoms with Gasteiger partial charge in [-0.3, -0.25) is 9.48 Å². The lowest BCUT2D eigenvalue weighted by Gasteiger charge is -2.28. The molecule has 4 nitrogen and oxygen atoms in total. The van der Waals surface area contributed by atoms with Crippen LogP contribution in [0.3, 0.4) is 0 Å². The van der Waals surface area contributed by atoms with Crippen LogP contribution in [-0.2, 0) is 7.05 Å². The van der Waals surface area contributed by atoms with Crippen molar-refractivity contribution in [2.24, 2.45) is 24.8 Å². The molecule has 2 saturated carbocycles. The van der Waals surface area contributed by atoms with E-state index in [0.717, 1.165) is 32.6 Å². The minimum atomic E-state index is 0.0795. The molecule has 2 aromatic heterocycles. The monoisotopic (exact) mass is 317 g/mol. The number of thiophene rings is 1. The molecule has 2 aromatic rings. The van der Waals surface area contributed by atoms with Crippen LogP contribution in [0.1, 0.15) is 48.0 Å². The second-order valence-corrected chi connectivity index (χ2v) is 8.17. The summed E-state index contributed by atoms with van der Waals surface area (Å²) in [5.74, 6) is 2.53. The first-order chi connectivity index (χ1) is 10.5. The van der Waals surface area contributed by atoms with Crippen molar-refractivity contribution in [3.63, 3.8) is 0 Å². The van der Waals surface area contributed by atoms with Gasteiger partial charge < -0.3 is 5.32 Å². The van der Waals surface area contributed by atoms with Crippen LogP contribution in [0.5, 0.6) is 0 Å². The van der Waals surface area contributed by atoms with Gasteiger partial charge in [-0.2, -0.15) is 5.10 Å². The molecule has 0 aromatic carbocycles. The van der Waals surface area contributed by atoms with Gasteiger partial charge >= 0.3 is 0 Å². The number of aromatic nitrogens is 2. The van der Waals surface area contributed by atoms with Crippen LogP contribution in [0, 0.1) is 24.7 Å². The highest BCUT2D eigenvalue weighted by atomic mass is 32.1. The summed E-state index contributed by atoms with van der Waals surface area (Å²) in [6.45, 7) is 4.18. The van der Waals surface area contributed by atoms with Crippen LogP contribution >= 0.6 is 11.3 Å².